The van der Waals surface area contributed by atoms with Gasteiger partial charge in [-0.1, -0.05) is 0 Å². The normalized spacial score (nSPS) is 44.0. The molecule has 1 aromatic rings. The highest BCUT2D eigenvalue weighted by molar-refractivity contribution is 5.55. The van der Waals surface area contributed by atoms with Crippen LogP contribution in [0.1, 0.15) is 36.7 Å². The Hall–Kier alpha value is -1.30. The van der Waals surface area contributed by atoms with Crippen LogP contribution in [0.3, 0.4) is 0 Å². The summed E-state index contributed by atoms with van der Waals surface area (Å²) in [5, 5.41) is 0. The first-order chi connectivity index (χ1) is 10.8. The van der Waals surface area contributed by atoms with Crippen LogP contribution >= 0.6 is 0 Å². The Labute approximate surface area is 129 Å². The predicted octanol–water partition coefficient (Wildman–Crippen LogP) is 1.95. The Bertz CT molecular complexity index is 677. The lowest BCUT2D eigenvalue weighted by Crippen LogP contribution is -2.57. The zero-order chi connectivity index (χ0) is 14.5. The summed E-state index contributed by atoms with van der Waals surface area (Å²) in [5.41, 5.74) is 2.60. The lowest BCUT2D eigenvalue weighted by molar-refractivity contribution is -0.0914. The minimum atomic E-state index is -0.227. The summed E-state index contributed by atoms with van der Waals surface area (Å²) >= 11 is 0. The number of hydrogen-bond acceptors (Lipinski definition) is 5. The maximum Gasteiger partial charge on any atom is 0.231 e. The Kier molecular flexibility index (Phi) is 2.09. The summed E-state index contributed by atoms with van der Waals surface area (Å²) < 4.78 is 23.8. The van der Waals surface area contributed by atoms with Crippen molar-refractivity contribution in [3.63, 3.8) is 0 Å². The van der Waals surface area contributed by atoms with Gasteiger partial charge in [0.05, 0.1) is 12.2 Å². The standard InChI is InChI=1S/C17H19NO4/c1-18-5-4-17-10-7-13-12(19-8-20-13)6-9(10)16-21-11(15(17)22-16)2-3-14(17)18/h6-7,11,14-16H,2-5,8H2,1H3/t11-,14-,15-,16-,17+/m1/s1. The molecule has 3 fully saturated rings. The van der Waals surface area contributed by atoms with Gasteiger partial charge in [0, 0.05) is 17.0 Å². The summed E-state index contributed by atoms with van der Waals surface area (Å²) in [6.45, 7) is 1.43. The first-order valence-corrected chi connectivity index (χ1v) is 8.22. The highest BCUT2D eigenvalue weighted by Crippen LogP contribution is 2.61. The largest absolute Gasteiger partial charge is 0.454 e. The second-order valence-corrected chi connectivity index (χ2v) is 7.22. The fraction of sp³-hybridized carbons (Fsp3) is 0.647. The molecule has 2 bridgehead atoms. The molecule has 116 valence electrons. The second-order valence-electron chi connectivity index (χ2n) is 7.22. The quantitative estimate of drug-likeness (QED) is 0.732. The first-order valence-electron chi connectivity index (χ1n) is 8.22. The van der Waals surface area contributed by atoms with Crippen molar-refractivity contribution in [2.75, 3.05) is 20.4 Å². The van der Waals surface area contributed by atoms with Crippen molar-refractivity contribution >= 4 is 0 Å². The summed E-state index contributed by atoms with van der Waals surface area (Å²) in [4.78, 5) is 2.51. The third kappa shape index (κ3) is 1.21. The van der Waals surface area contributed by atoms with Gasteiger partial charge in [0.25, 0.3) is 0 Å². The minimum absolute atomic E-state index is 0.0565. The van der Waals surface area contributed by atoms with Crippen LogP contribution in [0.15, 0.2) is 12.1 Å². The van der Waals surface area contributed by atoms with Crippen LogP contribution in [0.4, 0.5) is 0 Å². The van der Waals surface area contributed by atoms with Crippen LogP contribution < -0.4 is 9.47 Å². The van der Waals surface area contributed by atoms with E-state index in [1.54, 1.807) is 0 Å². The van der Waals surface area contributed by atoms with Crippen LogP contribution in [-0.4, -0.2) is 43.5 Å². The lowest BCUT2D eigenvalue weighted by atomic mass is 9.62. The van der Waals surface area contributed by atoms with E-state index in [0.29, 0.717) is 12.8 Å². The second kappa shape index (κ2) is 3.78. The molecule has 2 saturated heterocycles. The zero-order valence-electron chi connectivity index (χ0n) is 12.6. The molecule has 0 N–H and O–H groups in total. The van der Waals surface area contributed by atoms with E-state index in [0.717, 1.165) is 36.4 Å². The molecule has 22 heavy (non-hydrogen) atoms. The van der Waals surface area contributed by atoms with Gasteiger partial charge in [0.15, 0.2) is 17.8 Å². The van der Waals surface area contributed by atoms with Gasteiger partial charge in [0.2, 0.25) is 6.79 Å². The van der Waals surface area contributed by atoms with Crippen molar-refractivity contribution in [1.29, 1.82) is 0 Å². The molecule has 1 spiro atoms. The van der Waals surface area contributed by atoms with Gasteiger partial charge in [-0.05, 0) is 50.6 Å². The van der Waals surface area contributed by atoms with Crippen LogP contribution in [-0.2, 0) is 14.9 Å². The molecule has 4 aliphatic heterocycles. The number of hydrogen-bond donors (Lipinski definition) is 0. The van der Waals surface area contributed by atoms with Gasteiger partial charge in [-0.2, -0.15) is 0 Å². The predicted molar refractivity (Wildman–Crippen MR) is 77.0 cm³/mol. The van der Waals surface area contributed by atoms with Gasteiger partial charge >= 0.3 is 0 Å². The number of likely N-dealkylation sites (N-methyl/N-ethyl adjacent to an activating group) is 1. The molecule has 1 saturated carbocycles. The van der Waals surface area contributed by atoms with E-state index < -0.39 is 0 Å². The Balaban J connectivity index is 1.63. The van der Waals surface area contributed by atoms with E-state index >= 15 is 0 Å². The topological polar surface area (TPSA) is 40.2 Å². The van der Waals surface area contributed by atoms with E-state index in [4.69, 9.17) is 18.9 Å². The van der Waals surface area contributed by atoms with Gasteiger partial charge < -0.3 is 23.8 Å². The lowest BCUT2D eigenvalue weighted by Gasteiger charge is -2.48. The van der Waals surface area contributed by atoms with Crippen molar-refractivity contribution < 1.29 is 18.9 Å². The molecular formula is C17H19NO4. The van der Waals surface area contributed by atoms with E-state index in [1.165, 1.54) is 12.0 Å². The molecule has 5 aliphatic rings. The van der Waals surface area contributed by atoms with Crippen LogP contribution in [0.2, 0.25) is 0 Å². The number of benzene rings is 1. The maximum atomic E-state index is 6.36. The Morgan fingerprint density at radius 2 is 2.00 bits per heavy atom. The summed E-state index contributed by atoms with van der Waals surface area (Å²) in [6.07, 6.45) is 3.61. The zero-order valence-corrected chi connectivity index (χ0v) is 12.6. The molecule has 5 nitrogen and oxygen atoms in total. The van der Waals surface area contributed by atoms with E-state index in [-0.39, 0.29) is 23.9 Å². The maximum absolute atomic E-state index is 6.36. The third-order valence-electron chi connectivity index (χ3n) is 6.44. The molecule has 5 heteroatoms. The van der Waals surface area contributed by atoms with Gasteiger partial charge in [-0.15, -0.1) is 0 Å². The smallest absolute Gasteiger partial charge is 0.231 e. The molecule has 5 atom stereocenters. The molecular weight excluding hydrogens is 282 g/mol. The fourth-order valence-corrected chi connectivity index (χ4v) is 5.53. The highest BCUT2D eigenvalue weighted by atomic mass is 16.7. The first kappa shape index (κ1) is 12.2. The minimum Gasteiger partial charge on any atom is -0.454 e. The van der Waals surface area contributed by atoms with Crippen molar-refractivity contribution in [2.45, 2.75) is 49.2 Å². The van der Waals surface area contributed by atoms with Crippen molar-refractivity contribution in [3.05, 3.63) is 23.3 Å². The molecule has 1 aliphatic carbocycles. The molecule has 1 aromatic carbocycles. The monoisotopic (exact) mass is 301 g/mol. The van der Waals surface area contributed by atoms with Crippen LogP contribution in [0.5, 0.6) is 11.5 Å². The summed E-state index contributed by atoms with van der Waals surface area (Å²) in [5.74, 6) is 1.70. The SMILES string of the molecule is CN1CC[C@@]23c4cc5c(cc4[C@H]4O[C@@H]2[C@@H](CC[C@@H]13)O4)OCO5. The number of likely N-dealkylation sites (tertiary alicyclic amines) is 1. The number of ether oxygens (including phenoxy) is 4. The van der Waals surface area contributed by atoms with Gasteiger partial charge in [0.1, 0.15) is 0 Å². The number of nitrogens with zero attached hydrogens (tertiary/aromatic N) is 1. The Morgan fingerprint density at radius 1 is 1.14 bits per heavy atom. The van der Waals surface area contributed by atoms with Crippen molar-refractivity contribution in [2.24, 2.45) is 0 Å². The van der Waals surface area contributed by atoms with E-state index in [9.17, 15) is 0 Å². The van der Waals surface area contributed by atoms with E-state index in [1.807, 2.05) is 0 Å². The van der Waals surface area contributed by atoms with Crippen LogP contribution in [0, 0.1) is 0 Å². The van der Waals surface area contributed by atoms with Gasteiger partial charge in [-0.3, -0.25) is 0 Å². The highest BCUT2D eigenvalue weighted by Gasteiger charge is 2.65. The van der Waals surface area contributed by atoms with E-state index in [2.05, 4.69) is 24.1 Å². The average molecular weight is 301 g/mol. The van der Waals surface area contributed by atoms with Crippen molar-refractivity contribution in [1.82, 2.24) is 4.90 Å². The molecule has 0 unspecified atom stereocenters. The van der Waals surface area contributed by atoms with Gasteiger partial charge in [-0.25, -0.2) is 0 Å². The molecule has 4 heterocycles. The summed E-state index contributed by atoms with van der Waals surface area (Å²) in [6, 6.07) is 4.84. The Morgan fingerprint density at radius 3 is 2.91 bits per heavy atom. The molecule has 0 amide bonds. The molecule has 6 rings (SSSR count). The third-order valence-corrected chi connectivity index (χ3v) is 6.44. The average Bonchev–Trinajstić information content (AvgIpc) is 3.21. The number of fused-ring (bicyclic) bond motifs is 4. The number of rotatable bonds is 0. The van der Waals surface area contributed by atoms with Crippen molar-refractivity contribution in [3.8, 4) is 11.5 Å². The summed E-state index contributed by atoms with van der Waals surface area (Å²) in [7, 11) is 2.24. The van der Waals surface area contributed by atoms with Crippen LogP contribution in [0.25, 0.3) is 0 Å². The fourth-order valence-electron chi connectivity index (χ4n) is 5.53. The molecule has 0 aromatic heterocycles. The molecule has 0 radical (unpaired) electrons.